The molecule has 0 spiro atoms. The Balaban J connectivity index is 1.89. The Hall–Kier alpha value is -0.570. The van der Waals surface area contributed by atoms with E-state index in [4.69, 9.17) is 5.84 Å². The molecule has 3 N–H and O–H groups in total. The lowest BCUT2D eigenvalue weighted by Crippen LogP contribution is -2.56. The largest absolute Gasteiger partial charge is 0.294 e. The van der Waals surface area contributed by atoms with Gasteiger partial charge >= 0.3 is 0 Å². The van der Waals surface area contributed by atoms with Crippen LogP contribution in [0.1, 0.15) is 58.8 Å². The molecule has 0 aromatic carbocycles. The summed E-state index contributed by atoms with van der Waals surface area (Å²) in [4.78, 5) is 11.7. The molecule has 17 heavy (non-hydrogen) atoms. The lowest BCUT2D eigenvalue weighted by Gasteiger charge is -2.65. The van der Waals surface area contributed by atoms with E-state index in [0.717, 1.165) is 5.92 Å². The minimum absolute atomic E-state index is 0.0270. The molecule has 0 aromatic heterocycles. The van der Waals surface area contributed by atoms with Gasteiger partial charge in [0.2, 0.25) is 5.91 Å². The highest BCUT2D eigenvalue weighted by atomic mass is 16.2. The molecule has 0 radical (unpaired) electrons. The minimum Gasteiger partial charge on any atom is -0.294 e. The smallest absolute Gasteiger partial charge is 0.234 e. The van der Waals surface area contributed by atoms with Gasteiger partial charge in [-0.25, -0.2) is 5.84 Å². The lowest BCUT2D eigenvalue weighted by atomic mass is 9.40. The summed E-state index contributed by atoms with van der Waals surface area (Å²) in [5.41, 5.74) is 3.56. The van der Waals surface area contributed by atoms with Crippen molar-refractivity contribution in [2.24, 2.45) is 28.0 Å². The topological polar surface area (TPSA) is 55.1 Å². The third-order valence-corrected chi connectivity index (χ3v) is 5.44. The van der Waals surface area contributed by atoms with Crippen molar-refractivity contribution in [2.75, 3.05) is 0 Å². The highest BCUT2D eigenvalue weighted by molar-refractivity contribution is 5.76. The van der Waals surface area contributed by atoms with E-state index in [1.165, 1.54) is 38.5 Å². The second-order valence-electron chi connectivity index (χ2n) is 7.87. The summed E-state index contributed by atoms with van der Waals surface area (Å²) in [5, 5.41) is 0. The van der Waals surface area contributed by atoms with Crippen molar-refractivity contribution in [3.63, 3.8) is 0 Å². The second-order valence-corrected chi connectivity index (χ2v) is 7.87. The van der Waals surface area contributed by atoms with Gasteiger partial charge in [-0.3, -0.25) is 10.2 Å². The molecule has 1 amide bonds. The number of nitrogens with one attached hydrogen (secondary N) is 1. The molecule has 4 fully saturated rings. The lowest BCUT2D eigenvalue weighted by molar-refractivity contribution is -0.156. The van der Waals surface area contributed by atoms with Gasteiger partial charge in [0.05, 0.1) is 0 Å². The van der Waals surface area contributed by atoms with Crippen LogP contribution in [-0.2, 0) is 4.79 Å². The molecule has 0 saturated heterocycles. The van der Waals surface area contributed by atoms with E-state index in [0.29, 0.717) is 17.3 Å². The second kappa shape index (κ2) is 3.25. The molecule has 3 heteroatoms. The summed E-state index contributed by atoms with van der Waals surface area (Å²) in [6.45, 7) is 4.87. The van der Waals surface area contributed by atoms with E-state index >= 15 is 0 Å². The number of hydrogen-bond acceptors (Lipinski definition) is 2. The molecular formula is C14H24N2O. The summed E-state index contributed by atoms with van der Waals surface area (Å²) in [6.07, 6.45) is 8.50. The Bertz CT molecular complexity index is 347. The van der Waals surface area contributed by atoms with Crippen LogP contribution in [0.3, 0.4) is 0 Å². The summed E-state index contributed by atoms with van der Waals surface area (Å²) in [6, 6.07) is 0. The third kappa shape index (κ3) is 1.79. The zero-order valence-electron chi connectivity index (χ0n) is 11.0. The Labute approximate surface area is 103 Å². The molecule has 0 heterocycles. The van der Waals surface area contributed by atoms with Crippen LogP contribution in [0, 0.1) is 22.2 Å². The summed E-state index contributed by atoms with van der Waals surface area (Å²) >= 11 is 0. The molecule has 0 aliphatic heterocycles. The van der Waals surface area contributed by atoms with Crippen LogP contribution in [0.15, 0.2) is 0 Å². The maximum absolute atomic E-state index is 11.7. The first-order valence-electron chi connectivity index (χ1n) is 6.86. The highest BCUT2D eigenvalue weighted by Gasteiger charge is 2.60. The Morgan fingerprint density at radius 2 is 1.76 bits per heavy atom. The molecule has 4 saturated carbocycles. The van der Waals surface area contributed by atoms with Crippen LogP contribution in [0.5, 0.6) is 0 Å². The van der Waals surface area contributed by atoms with E-state index < -0.39 is 0 Å². The van der Waals surface area contributed by atoms with Crippen molar-refractivity contribution in [3.8, 4) is 0 Å². The van der Waals surface area contributed by atoms with Crippen molar-refractivity contribution in [2.45, 2.75) is 58.8 Å². The fourth-order valence-corrected chi connectivity index (χ4v) is 6.27. The molecular weight excluding hydrogens is 212 g/mol. The number of nitrogens with two attached hydrogens (primary N) is 1. The first-order chi connectivity index (χ1) is 7.86. The highest BCUT2D eigenvalue weighted by Crippen LogP contribution is 2.70. The van der Waals surface area contributed by atoms with Gasteiger partial charge in [0, 0.05) is 6.42 Å². The van der Waals surface area contributed by atoms with Crippen LogP contribution in [0.4, 0.5) is 0 Å². The number of carbonyl (C=O) groups excluding carboxylic acids is 1. The van der Waals surface area contributed by atoms with Crippen molar-refractivity contribution >= 4 is 5.91 Å². The number of carbonyl (C=O) groups is 1. The zero-order chi connectivity index (χ0) is 12.3. The average Bonchev–Trinajstić information content (AvgIpc) is 2.10. The van der Waals surface area contributed by atoms with Gasteiger partial charge in [-0.15, -0.1) is 0 Å². The Morgan fingerprint density at radius 1 is 1.18 bits per heavy atom. The average molecular weight is 236 g/mol. The van der Waals surface area contributed by atoms with E-state index in [1.54, 1.807) is 0 Å². The molecule has 4 aliphatic carbocycles. The monoisotopic (exact) mass is 236 g/mol. The van der Waals surface area contributed by atoms with Gasteiger partial charge in [0.1, 0.15) is 0 Å². The fraction of sp³-hybridized carbons (Fsp3) is 0.929. The van der Waals surface area contributed by atoms with Gasteiger partial charge < -0.3 is 0 Å². The Morgan fingerprint density at radius 3 is 2.24 bits per heavy atom. The van der Waals surface area contributed by atoms with E-state index in [9.17, 15) is 4.79 Å². The van der Waals surface area contributed by atoms with Gasteiger partial charge in [0.25, 0.3) is 0 Å². The summed E-state index contributed by atoms with van der Waals surface area (Å²) in [7, 11) is 0. The zero-order valence-corrected chi connectivity index (χ0v) is 11.0. The van der Waals surface area contributed by atoms with E-state index in [2.05, 4.69) is 19.3 Å². The van der Waals surface area contributed by atoms with Gasteiger partial charge in [-0.1, -0.05) is 13.8 Å². The predicted octanol–water partition coefficient (Wildman–Crippen LogP) is 2.36. The van der Waals surface area contributed by atoms with Gasteiger partial charge in [-0.2, -0.15) is 0 Å². The van der Waals surface area contributed by atoms with Crippen LogP contribution in [-0.4, -0.2) is 5.91 Å². The SMILES string of the molecule is C[C@]12CC3CC(CC(=O)NN)(C1)C[C@](C)(C3)C2. The van der Waals surface area contributed by atoms with Crippen molar-refractivity contribution in [3.05, 3.63) is 0 Å². The third-order valence-electron chi connectivity index (χ3n) is 5.44. The van der Waals surface area contributed by atoms with Crippen LogP contribution < -0.4 is 11.3 Å². The van der Waals surface area contributed by atoms with Crippen LogP contribution in [0.2, 0.25) is 0 Å². The van der Waals surface area contributed by atoms with E-state index in [1.807, 2.05) is 0 Å². The molecule has 2 atom stereocenters. The van der Waals surface area contributed by atoms with Gasteiger partial charge in [0.15, 0.2) is 0 Å². The van der Waals surface area contributed by atoms with Crippen LogP contribution in [0.25, 0.3) is 0 Å². The quantitative estimate of drug-likeness (QED) is 0.439. The molecule has 96 valence electrons. The van der Waals surface area contributed by atoms with E-state index in [-0.39, 0.29) is 11.3 Å². The molecule has 4 rings (SSSR count). The van der Waals surface area contributed by atoms with Crippen molar-refractivity contribution in [1.29, 1.82) is 0 Å². The number of hydrazine groups is 1. The first-order valence-corrected chi connectivity index (χ1v) is 6.86. The Kier molecular flexibility index (Phi) is 2.20. The molecule has 0 aromatic rings. The first kappa shape index (κ1) is 11.5. The van der Waals surface area contributed by atoms with Gasteiger partial charge in [-0.05, 0) is 60.7 Å². The molecule has 3 nitrogen and oxygen atoms in total. The van der Waals surface area contributed by atoms with Crippen molar-refractivity contribution in [1.82, 2.24) is 5.43 Å². The molecule has 0 unspecified atom stereocenters. The number of hydrogen-bond donors (Lipinski definition) is 2. The predicted molar refractivity (Wildman–Crippen MR) is 66.8 cm³/mol. The standard InChI is InChI=1S/C14H24N2O/c1-12-3-10-4-13(2,7-12)9-14(5-10,8-12)6-11(17)16-15/h10H,3-9,15H2,1-2H3,(H,16,17)/t10?,12-,13-,14?/m1/s1. The maximum atomic E-state index is 11.7. The van der Waals surface area contributed by atoms with Crippen LogP contribution >= 0.6 is 0 Å². The maximum Gasteiger partial charge on any atom is 0.234 e. The number of amides is 1. The molecule has 4 aliphatic rings. The summed E-state index contributed by atoms with van der Waals surface area (Å²) in [5.74, 6) is 6.15. The molecule has 4 bridgehead atoms. The minimum atomic E-state index is 0.0270. The summed E-state index contributed by atoms with van der Waals surface area (Å²) < 4.78 is 0. The van der Waals surface area contributed by atoms with Crippen molar-refractivity contribution < 1.29 is 4.79 Å². The fourth-order valence-electron chi connectivity index (χ4n) is 6.27. The number of rotatable bonds is 2. The normalized spacial score (nSPS) is 51.6.